The molecule has 1 aliphatic heterocycles. The number of hydrogen-bond acceptors (Lipinski definition) is 4. The Hall–Kier alpha value is -1.03. The summed E-state index contributed by atoms with van der Waals surface area (Å²) in [7, 11) is 0. The predicted octanol–water partition coefficient (Wildman–Crippen LogP) is 1.21. The average Bonchev–Trinajstić information content (AvgIpc) is 2.53. The zero-order chi connectivity index (χ0) is 9.26. The third kappa shape index (κ3) is 1.67. The number of oxazole rings is 1. The summed E-state index contributed by atoms with van der Waals surface area (Å²) in [5, 5.41) is 0. The molecule has 4 heteroatoms. The molecule has 1 fully saturated rings. The summed E-state index contributed by atoms with van der Waals surface area (Å²) in [4.78, 5) is 6.42. The molecule has 1 aliphatic rings. The minimum Gasteiger partial charge on any atom is -0.432 e. The van der Waals surface area contributed by atoms with E-state index in [9.17, 15) is 0 Å². The molecule has 0 amide bonds. The van der Waals surface area contributed by atoms with Crippen molar-refractivity contribution >= 4 is 6.01 Å². The van der Waals surface area contributed by atoms with Crippen molar-refractivity contribution in [3.8, 4) is 0 Å². The molecule has 2 rings (SSSR count). The number of morpholine rings is 1. The summed E-state index contributed by atoms with van der Waals surface area (Å²) in [5.74, 6) is 0. The first-order chi connectivity index (χ1) is 6.27. The van der Waals surface area contributed by atoms with Crippen LogP contribution < -0.4 is 4.90 Å². The summed E-state index contributed by atoms with van der Waals surface area (Å²) >= 11 is 0. The predicted molar refractivity (Wildman–Crippen MR) is 48.9 cm³/mol. The Morgan fingerprint density at radius 3 is 3.08 bits per heavy atom. The first-order valence-electron chi connectivity index (χ1n) is 4.54. The molecule has 4 nitrogen and oxygen atoms in total. The summed E-state index contributed by atoms with van der Waals surface area (Å²) < 4.78 is 10.7. The Morgan fingerprint density at radius 2 is 2.46 bits per heavy atom. The van der Waals surface area contributed by atoms with Crippen LogP contribution >= 0.6 is 0 Å². The van der Waals surface area contributed by atoms with Gasteiger partial charge in [0.05, 0.1) is 24.9 Å². The molecule has 0 saturated carbocycles. The standard InChI is InChI=1S/C9H14N2O2/c1-7-5-13-9(10-7)11-3-4-12-6-8(11)2/h5,8H,3-4,6H2,1-2H3/t8-/m1/s1. The van der Waals surface area contributed by atoms with Crippen molar-refractivity contribution in [1.82, 2.24) is 4.98 Å². The smallest absolute Gasteiger partial charge is 0.297 e. The number of hydrogen-bond donors (Lipinski definition) is 0. The summed E-state index contributed by atoms with van der Waals surface area (Å²) in [6.07, 6.45) is 1.68. The second kappa shape index (κ2) is 3.38. The van der Waals surface area contributed by atoms with Gasteiger partial charge in [-0.1, -0.05) is 0 Å². The van der Waals surface area contributed by atoms with Gasteiger partial charge >= 0.3 is 0 Å². The number of rotatable bonds is 1. The number of aromatic nitrogens is 1. The van der Waals surface area contributed by atoms with Crippen LogP contribution in [-0.2, 0) is 4.74 Å². The number of aryl methyl sites for hydroxylation is 1. The van der Waals surface area contributed by atoms with E-state index in [1.807, 2.05) is 6.92 Å². The molecule has 72 valence electrons. The lowest BCUT2D eigenvalue weighted by molar-refractivity contribution is 0.0961. The maximum Gasteiger partial charge on any atom is 0.297 e. The maximum absolute atomic E-state index is 5.33. The van der Waals surface area contributed by atoms with Gasteiger partial charge < -0.3 is 14.1 Å². The van der Waals surface area contributed by atoms with E-state index in [4.69, 9.17) is 9.15 Å². The van der Waals surface area contributed by atoms with E-state index in [0.29, 0.717) is 12.1 Å². The Balaban J connectivity index is 2.14. The summed E-state index contributed by atoms with van der Waals surface area (Å²) in [5.41, 5.74) is 0.925. The summed E-state index contributed by atoms with van der Waals surface area (Å²) in [6.45, 7) is 6.41. The Morgan fingerprint density at radius 1 is 1.62 bits per heavy atom. The van der Waals surface area contributed by atoms with Crippen LogP contribution in [0.4, 0.5) is 6.01 Å². The molecule has 1 atom stereocenters. The van der Waals surface area contributed by atoms with Gasteiger partial charge in [0.15, 0.2) is 0 Å². The van der Waals surface area contributed by atoms with Crippen LogP contribution in [0.5, 0.6) is 0 Å². The molecular formula is C9H14N2O2. The van der Waals surface area contributed by atoms with Crippen LogP contribution in [0, 0.1) is 6.92 Å². The second-order valence-corrected chi connectivity index (χ2v) is 3.39. The summed E-state index contributed by atoms with van der Waals surface area (Å²) in [6, 6.07) is 1.07. The van der Waals surface area contributed by atoms with Crippen molar-refractivity contribution < 1.29 is 9.15 Å². The molecule has 0 bridgehead atoms. The quantitative estimate of drug-likeness (QED) is 0.654. The van der Waals surface area contributed by atoms with Crippen LogP contribution in [0.1, 0.15) is 12.6 Å². The second-order valence-electron chi connectivity index (χ2n) is 3.39. The van der Waals surface area contributed by atoms with E-state index < -0.39 is 0 Å². The highest BCUT2D eigenvalue weighted by molar-refractivity contribution is 5.29. The SMILES string of the molecule is Cc1coc(N2CCOC[C@H]2C)n1. The monoisotopic (exact) mass is 182 g/mol. The third-order valence-electron chi connectivity index (χ3n) is 2.22. The van der Waals surface area contributed by atoms with E-state index in [0.717, 1.165) is 25.5 Å². The van der Waals surface area contributed by atoms with Crippen molar-refractivity contribution in [2.75, 3.05) is 24.7 Å². The van der Waals surface area contributed by atoms with Crippen molar-refractivity contribution in [3.63, 3.8) is 0 Å². The third-order valence-corrected chi connectivity index (χ3v) is 2.22. The Bertz CT molecular complexity index is 285. The van der Waals surface area contributed by atoms with Crippen LogP contribution in [0.3, 0.4) is 0 Å². The maximum atomic E-state index is 5.33. The van der Waals surface area contributed by atoms with Gasteiger partial charge in [-0.2, -0.15) is 4.98 Å². The molecule has 0 aliphatic carbocycles. The molecule has 13 heavy (non-hydrogen) atoms. The average molecular weight is 182 g/mol. The minimum atomic E-state index is 0.354. The largest absolute Gasteiger partial charge is 0.432 e. The topological polar surface area (TPSA) is 38.5 Å². The fourth-order valence-corrected chi connectivity index (χ4v) is 1.48. The van der Waals surface area contributed by atoms with E-state index in [-0.39, 0.29) is 0 Å². The Kier molecular flexibility index (Phi) is 2.22. The van der Waals surface area contributed by atoms with Crippen molar-refractivity contribution in [2.24, 2.45) is 0 Å². The molecule has 0 spiro atoms. The van der Waals surface area contributed by atoms with Crippen molar-refractivity contribution in [3.05, 3.63) is 12.0 Å². The molecule has 0 unspecified atom stereocenters. The lowest BCUT2D eigenvalue weighted by Crippen LogP contribution is -2.43. The molecule has 1 saturated heterocycles. The first kappa shape index (κ1) is 8.56. The fourth-order valence-electron chi connectivity index (χ4n) is 1.48. The molecule has 0 radical (unpaired) electrons. The van der Waals surface area contributed by atoms with Crippen molar-refractivity contribution in [2.45, 2.75) is 19.9 Å². The van der Waals surface area contributed by atoms with E-state index in [1.54, 1.807) is 6.26 Å². The highest BCUT2D eigenvalue weighted by Crippen LogP contribution is 2.18. The van der Waals surface area contributed by atoms with Gasteiger partial charge in [0.1, 0.15) is 6.26 Å². The first-order valence-corrected chi connectivity index (χ1v) is 4.54. The lowest BCUT2D eigenvalue weighted by Gasteiger charge is -2.31. The van der Waals surface area contributed by atoms with Gasteiger partial charge in [0.25, 0.3) is 6.01 Å². The van der Waals surface area contributed by atoms with Crippen LogP contribution in [0.25, 0.3) is 0 Å². The van der Waals surface area contributed by atoms with Crippen LogP contribution in [0.15, 0.2) is 10.7 Å². The van der Waals surface area contributed by atoms with Gasteiger partial charge in [-0.3, -0.25) is 0 Å². The Labute approximate surface area is 77.5 Å². The van der Waals surface area contributed by atoms with E-state index in [1.165, 1.54) is 0 Å². The number of anilines is 1. The normalized spacial score (nSPS) is 23.5. The number of nitrogens with zero attached hydrogens (tertiary/aromatic N) is 2. The van der Waals surface area contributed by atoms with E-state index in [2.05, 4.69) is 16.8 Å². The number of ether oxygens (including phenoxy) is 1. The molecule has 1 aromatic rings. The van der Waals surface area contributed by atoms with Crippen LogP contribution in [-0.4, -0.2) is 30.8 Å². The van der Waals surface area contributed by atoms with E-state index >= 15 is 0 Å². The zero-order valence-electron chi connectivity index (χ0n) is 7.99. The molecule has 0 N–H and O–H groups in total. The van der Waals surface area contributed by atoms with Gasteiger partial charge in [0, 0.05) is 6.54 Å². The lowest BCUT2D eigenvalue weighted by atomic mass is 10.3. The van der Waals surface area contributed by atoms with Gasteiger partial charge in [-0.05, 0) is 13.8 Å². The van der Waals surface area contributed by atoms with Crippen LogP contribution in [0.2, 0.25) is 0 Å². The zero-order valence-corrected chi connectivity index (χ0v) is 7.99. The van der Waals surface area contributed by atoms with Crippen molar-refractivity contribution in [1.29, 1.82) is 0 Å². The van der Waals surface area contributed by atoms with Gasteiger partial charge in [-0.25, -0.2) is 0 Å². The molecular weight excluding hydrogens is 168 g/mol. The fraction of sp³-hybridized carbons (Fsp3) is 0.667. The molecule has 1 aromatic heterocycles. The van der Waals surface area contributed by atoms with Gasteiger partial charge in [-0.15, -0.1) is 0 Å². The molecule has 2 heterocycles. The molecule has 0 aromatic carbocycles. The van der Waals surface area contributed by atoms with Gasteiger partial charge in [0.2, 0.25) is 0 Å². The highest BCUT2D eigenvalue weighted by Gasteiger charge is 2.22. The highest BCUT2D eigenvalue weighted by atomic mass is 16.5. The minimum absolute atomic E-state index is 0.354.